The number of benzene rings is 1. The fourth-order valence-electron chi connectivity index (χ4n) is 2.41. The maximum atomic E-state index is 12.3. The van der Waals surface area contributed by atoms with E-state index >= 15 is 0 Å². The molecule has 0 spiro atoms. The molecular weight excluding hydrogens is 248 g/mol. The molecule has 0 bridgehead atoms. The monoisotopic (exact) mass is 276 g/mol. The van der Waals surface area contributed by atoms with Crippen LogP contribution in [0.4, 0.5) is 0 Å². The Morgan fingerprint density at radius 3 is 2.55 bits per heavy atom. The molecule has 0 saturated heterocycles. The normalized spacial score (nSPS) is 13.9. The van der Waals surface area contributed by atoms with Gasteiger partial charge in [-0.1, -0.05) is 44.2 Å². The molecule has 0 fully saturated rings. The molecule has 0 aliphatic rings. The van der Waals surface area contributed by atoms with Crippen LogP contribution >= 0.6 is 0 Å². The Bertz CT molecular complexity index is 378. The minimum atomic E-state index is 0.0538. The standard InChI is InChI=1S/C17H28N2O/c1-3-16(19-12-8-7-11-18)14(2)17(20)13-15-9-5-4-6-10-15/h4-6,9-10,14,16,19H,3,7-8,11-13,18H2,1-2H3. The predicted octanol–water partition coefficient (Wildman–Crippen LogP) is 2.54. The van der Waals surface area contributed by atoms with E-state index in [0.717, 1.165) is 37.9 Å². The summed E-state index contributed by atoms with van der Waals surface area (Å²) in [6.45, 7) is 5.85. The average molecular weight is 276 g/mol. The van der Waals surface area contributed by atoms with Crippen molar-refractivity contribution in [1.29, 1.82) is 0 Å². The van der Waals surface area contributed by atoms with Crippen molar-refractivity contribution in [3.63, 3.8) is 0 Å². The molecular formula is C17H28N2O. The smallest absolute Gasteiger partial charge is 0.141 e. The Hall–Kier alpha value is -1.19. The van der Waals surface area contributed by atoms with E-state index < -0.39 is 0 Å². The van der Waals surface area contributed by atoms with Crippen molar-refractivity contribution in [2.24, 2.45) is 11.7 Å². The zero-order chi connectivity index (χ0) is 14.8. The van der Waals surface area contributed by atoms with Crippen molar-refractivity contribution in [3.8, 4) is 0 Å². The van der Waals surface area contributed by atoms with E-state index in [4.69, 9.17) is 5.73 Å². The van der Waals surface area contributed by atoms with Crippen LogP contribution in [0.5, 0.6) is 0 Å². The van der Waals surface area contributed by atoms with Crippen molar-refractivity contribution < 1.29 is 4.79 Å². The summed E-state index contributed by atoms with van der Waals surface area (Å²) in [7, 11) is 0. The van der Waals surface area contributed by atoms with Crippen LogP contribution in [0.15, 0.2) is 30.3 Å². The highest BCUT2D eigenvalue weighted by Gasteiger charge is 2.21. The number of ketones is 1. The van der Waals surface area contributed by atoms with Gasteiger partial charge in [-0.25, -0.2) is 0 Å². The van der Waals surface area contributed by atoms with Gasteiger partial charge in [0.05, 0.1) is 0 Å². The number of hydrogen-bond acceptors (Lipinski definition) is 3. The molecule has 2 unspecified atom stereocenters. The number of Topliss-reactive ketones (excluding diaryl/α,β-unsaturated/α-hetero) is 1. The van der Waals surface area contributed by atoms with Gasteiger partial charge in [-0.2, -0.15) is 0 Å². The summed E-state index contributed by atoms with van der Waals surface area (Å²) in [6.07, 6.45) is 3.62. The Kier molecular flexibility index (Phi) is 8.16. The van der Waals surface area contributed by atoms with Crippen molar-refractivity contribution in [1.82, 2.24) is 5.32 Å². The van der Waals surface area contributed by atoms with E-state index in [2.05, 4.69) is 12.2 Å². The molecule has 0 heterocycles. The summed E-state index contributed by atoms with van der Waals surface area (Å²) in [6, 6.07) is 10.2. The van der Waals surface area contributed by atoms with Crippen LogP contribution in [0, 0.1) is 5.92 Å². The summed E-state index contributed by atoms with van der Waals surface area (Å²) in [5.74, 6) is 0.368. The van der Waals surface area contributed by atoms with Gasteiger partial charge >= 0.3 is 0 Å². The molecule has 1 aromatic rings. The number of nitrogens with one attached hydrogen (secondary N) is 1. The zero-order valence-corrected chi connectivity index (χ0v) is 12.8. The van der Waals surface area contributed by atoms with Crippen LogP contribution in [0.25, 0.3) is 0 Å². The first-order valence-corrected chi connectivity index (χ1v) is 7.69. The third-order valence-electron chi connectivity index (χ3n) is 3.81. The first-order valence-electron chi connectivity index (χ1n) is 7.69. The number of rotatable bonds is 10. The third-order valence-corrected chi connectivity index (χ3v) is 3.81. The topological polar surface area (TPSA) is 55.1 Å². The Morgan fingerprint density at radius 1 is 1.25 bits per heavy atom. The van der Waals surface area contributed by atoms with E-state index in [1.807, 2.05) is 37.3 Å². The van der Waals surface area contributed by atoms with Crippen LogP contribution in [-0.2, 0) is 11.2 Å². The van der Waals surface area contributed by atoms with Crippen LogP contribution in [0.1, 0.15) is 38.7 Å². The molecule has 0 radical (unpaired) electrons. The van der Waals surface area contributed by atoms with E-state index in [-0.39, 0.29) is 12.0 Å². The fraction of sp³-hybridized carbons (Fsp3) is 0.588. The summed E-state index contributed by atoms with van der Waals surface area (Å²) < 4.78 is 0. The van der Waals surface area contributed by atoms with Crippen LogP contribution in [0.2, 0.25) is 0 Å². The van der Waals surface area contributed by atoms with Gasteiger partial charge in [-0.3, -0.25) is 4.79 Å². The molecule has 0 aliphatic carbocycles. The van der Waals surface area contributed by atoms with Crippen LogP contribution in [0.3, 0.4) is 0 Å². The molecule has 3 heteroatoms. The molecule has 3 N–H and O–H groups in total. The Balaban J connectivity index is 2.44. The number of carbonyl (C=O) groups excluding carboxylic acids is 1. The molecule has 2 atom stereocenters. The van der Waals surface area contributed by atoms with Gasteiger partial charge in [0.1, 0.15) is 5.78 Å². The Labute approximate surface area is 122 Å². The largest absolute Gasteiger partial charge is 0.330 e. The minimum Gasteiger partial charge on any atom is -0.330 e. The van der Waals surface area contributed by atoms with Gasteiger partial charge < -0.3 is 11.1 Å². The molecule has 0 aliphatic heterocycles. The van der Waals surface area contributed by atoms with Crippen molar-refractivity contribution >= 4 is 5.78 Å². The maximum absolute atomic E-state index is 12.3. The lowest BCUT2D eigenvalue weighted by molar-refractivity contribution is -0.122. The van der Waals surface area contributed by atoms with Gasteiger partial charge in [0, 0.05) is 18.4 Å². The third kappa shape index (κ3) is 5.85. The highest BCUT2D eigenvalue weighted by Crippen LogP contribution is 2.12. The first-order chi connectivity index (χ1) is 9.69. The van der Waals surface area contributed by atoms with E-state index in [1.54, 1.807) is 0 Å². The lowest BCUT2D eigenvalue weighted by Gasteiger charge is -2.23. The second-order valence-corrected chi connectivity index (χ2v) is 5.38. The van der Waals surface area contributed by atoms with Gasteiger partial charge in [0.15, 0.2) is 0 Å². The molecule has 0 saturated carbocycles. The van der Waals surface area contributed by atoms with Crippen molar-refractivity contribution in [2.75, 3.05) is 13.1 Å². The number of nitrogens with two attached hydrogens (primary N) is 1. The minimum absolute atomic E-state index is 0.0538. The molecule has 3 nitrogen and oxygen atoms in total. The number of unbranched alkanes of at least 4 members (excludes halogenated alkanes) is 1. The SMILES string of the molecule is CCC(NCCCCN)C(C)C(=O)Cc1ccccc1. The van der Waals surface area contributed by atoms with E-state index in [0.29, 0.717) is 12.2 Å². The summed E-state index contributed by atoms with van der Waals surface area (Å²) >= 11 is 0. The first kappa shape index (κ1) is 16.9. The maximum Gasteiger partial charge on any atom is 0.141 e. The highest BCUT2D eigenvalue weighted by atomic mass is 16.1. The quantitative estimate of drug-likeness (QED) is 0.646. The summed E-state index contributed by atoms with van der Waals surface area (Å²) in [5, 5.41) is 3.49. The van der Waals surface area contributed by atoms with Gasteiger partial charge in [-0.15, -0.1) is 0 Å². The molecule has 0 aromatic heterocycles. The van der Waals surface area contributed by atoms with Gasteiger partial charge in [-0.05, 0) is 37.9 Å². The number of hydrogen-bond donors (Lipinski definition) is 2. The van der Waals surface area contributed by atoms with E-state index in [1.165, 1.54) is 0 Å². The predicted molar refractivity (Wildman–Crippen MR) is 84.7 cm³/mol. The summed E-state index contributed by atoms with van der Waals surface area (Å²) in [4.78, 5) is 12.3. The van der Waals surface area contributed by atoms with E-state index in [9.17, 15) is 4.79 Å². The van der Waals surface area contributed by atoms with Crippen LogP contribution < -0.4 is 11.1 Å². The van der Waals surface area contributed by atoms with Gasteiger partial charge in [0.25, 0.3) is 0 Å². The molecule has 112 valence electrons. The molecule has 20 heavy (non-hydrogen) atoms. The second kappa shape index (κ2) is 9.67. The number of carbonyl (C=O) groups is 1. The lowest BCUT2D eigenvalue weighted by Crippen LogP contribution is -2.39. The fourth-order valence-corrected chi connectivity index (χ4v) is 2.41. The van der Waals surface area contributed by atoms with Crippen LogP contribution in [-0.4, -0.2) is 24.9 Å². The average Bonchev–Trinajstić information content (AvgIpc) is 2.48. The zero-order valence-electron chi connectivity index (χ0n) is 12.8. The molecule has 1 rings (SSSR count). The van der Waals surface area contributed by atoms with Gasteiger partial charge in [0.2, 0.25) is 0 Å². The molecule has 0 amide bonds. The highest BCUT2D eigenvalue weighted by molar-refractivity contribution is 5.83. The Morgan fingerprint density at radius 2 is 1.95 bits per heavy atom. The van der Waals surface area contributed by atoms with Crippen molar-refractivity contribution in [2.45, 2.75) is 45.6 Å². The second-order valence-electron chi connectivity index (χ2n) is 5.38. The van der Waals surface area contributed by atoms with Crippen molar-refractivity contribution in [3.05, 3.63) is 35.9 Å². The lowest BCUT2D eigenvalue weighted by atomic mass is 9.91. The summed E-state index contributed by atoms with van der Waals surface area (Å²) in [5.41, 5.74) is 6.59. The molecule has 1 aromatic carbocycles.